The SMILES string of the molecule is ON=Cc1csc(C#CCCc2cccnc2)n1. The van der Waals surface area contributed by atoms with Gasteiger partial charge in [0.2, 0.25) is 0 Å². The number of hydrogen-bond donors (Lipinski definition) is 1. The smallest absolute Gasteiger partial charge is 0.167 e. The van der Waals surface area contributed by atoms with E-state index in [2.05, 4.69) is 27.0 Å². The van der Waals surface area contributed by atoms with E-state index in [1.54, 1.807) is 11.6 Å². The van der Waals surface area contributed by atoms with Crippen molar-refractivity contribution in [3.8, 4) is 11.8 Å². The monoisotopic (exact) mass is 257 g/mol. The van der Waals surface area contributed by atoms with Crippen LogP contribution in [0.25, 0.3) is 0 Å². The van der Waals surface area contributed by atoms with E-state index in [0.29, 0.717) is 5.69 Å². The van der Waals surface area contributed by atoms with Crippen LogP contribution in [-0.2, 0) is 6.42 Å². The zero-order valence-electron chi connectivity index (χ0n) is 9.58. The van der Waals surface area contributed by atoms with E-state index >= 15 is 0 Å². The molecule has 2 rings (SSSR count). The van der Waals surface area contributed by atoms with Crippen LogP contribution in [-0.4, -0.2) is 21.4 Å². The molecule has 2 aromatic rings. The molecule has 18 heavy (non-hydrogen) atoms. The summed E-state index contributed by atoms with van der Waals surface area (Å²) >= 11 is 1.44. The molecule has 0 fully saturated rings. The molecule has 4 nitrogen and oxygen atoms in total. The van der Waals surface area contributed by atoms with E-state index in [9.17, 15) is 0 Å². The molecule has 90 valence electrons. The van der Waals surface area contributed by atoms with Crippen molar-refractivity contribution in [1.29, 1.82) is 0 Å². The largest absolute Gasteiger partial charge is 0.411 e. The van der Waals surface area contributed by atoms with E-state index in [1.807, 2.05) is 18.3 Å². The summed E-state index contributed by atoms with van der Waals surface area (Å²) in [6, 6.07) is 3.96. The average Bonchev–Trinajstić information content (AvgIpc) is 2.84. The number of nitrogens with zero attached hydrogens (tertiary/aromatic N) is 3. The standard InChI is InChI=1S/C13H11N3OS/c17-15-9-12-10-18-13(16-12)6-2-1-4-11-5-3-7-14-8-11/h3,5,7-10,17H,1,4H2. The lowest BCUT2D eigenvalue weighted by Gasteiger charge is -1.93. The molecule has 0 aliphatic carbocycles. The van der Waals surface area contributed by atoms with Crippen molar-refractivity contribution in [2.75, 3.05) is 0 Å². The predicted molar refractivity (Wildman–Crippen MR) is 70.9 cm³/mol. The molecule has 0 saturated heterocycles. The number of pyridine rings is 1. The van der Waals surface area contributed by atoms with Crippen LogP contribution in [0.5, 0.6) is 0 Å². The van der Waals surface area contributed by atoms with Crippen LogP contribution >= 0.6 is 11.3 Å². The lowest BCUT2D eigenvalue weighted by atomic mass is 10.2. The van der Waals surface area contributed by atoms with Gasteiger partial charge in [-0.3, -0.25) is 4.98 Å². The minimum Gasteiger partial charge on any atom is -0.411 e. The highest BCUT2D eigenvalue weighted by Crippen LogP contribution is 2.06. The van der Waals surface area contributed by atoms with E-state index in [0.717, 1.165) is 17.8 Å². The van der Waals surface area contributed by atoms with Gasteiger partial charge in [0.25, 0.3) is 0 Å². The molecule has 0 bridgehead atoms. The third-order valence-corrected chi connectivity index (χ3v) is 2.94. The molecule has 0 aliphatic rings. The highest BCUT2D eigenvalue weighted by Gasteiger charge is 1.95. The van der Waals surface area contributed by atoms with Gasteiger partial charge in [0, 0.05) is 24.2 Å². The maximum atomic E-state index is 8.36. The molecule has 0 aromatic carbocycles. The van der Waals surface area contributed by atoms with Gasteiger partial charge in [-0.25, -0.2) is 4.98 Å². The minimum absolute atomic E-state index is 0.624. The van der Waals surface area contributed by atoms with Crippen LogP contribution in [0.4, 0.5) is 0 Å². The van der Waals surface area contributed by atoms with Gasteiger partial charge in [-0.2, -0.15) is 0 Å². The first kappa shape index (κ1) is 12.3. The van der Waals surface area contributed by atoms with E-state index in [-0.39, 0.29) is 0 Å². The van der Waals surface area contributed by atoms with E-state index in [1.165, 1.54) is 23.1 Å². The molecule has 5 heteroatoms. The topological polar surface area (TPSA) is 58.4 Å². The second-order valence-corrected chi connectivity index (χ2v) is 4.34. The second kappa shape index (κ2) is 6.52. The first-order valence-electron chi connectivity index (χ1n) is 5.39. The maximum absolute atomic E-state index is 8.36. The lowest BCUT2D eigenvalue weighted by molar-refractivity contribution is 0.321. The number of thiazole rings is 1. The Morgan fingerprint density at radius 1 is 1.50 bits per heavy atom. The highest BCUT2D eigenvalue weighted by atomic mass is 32.1. The molecule has 0 aliphatic heterocycles. The summed E-state index contributed by atoms with van der Waals surface area (Å²) in [5.41, 5.74) is 1.80. The average molecular weight is 257 g/mol. The summed E-state index contributed by atoms with van der Waals surface area (Å²) in [5, 5.41) is 13.8. The van der Waals surface area contributed by atoms with Gasteiger partial charge in [0.15, 0.2) is 5.01 Å². The Morgan fingerprint density at radius 2 is 2.44 bits per heavy atom. The fourth-order valence-electron chi connectivity index (χ4n) is 1.35. The van der Waals surface area contributed by atoms with Crippen molar-refractivity contribution >= 4 is 17.6 Å². The quantitative estimate of drug-likeness (QED) is 0.397. The number of aryl methyl sites for hydroxylation is 1. The molecular weight excluding hydrogens is 246 g/mol. The Bertz CT molecular complexity index is 581. The fraction of sp³-hybridized carbons (Fsp3) is 0.154. The summed E-state index contributed by atoms with van der Waals surface area (Å²) in [5.74, 6) is 6.06. The van der Waals surface area contributed by atoms with Crippen LogP contribution in [0.3, 0.4) is 0 Å². The van der Waals surface area contributed by atoms with Gasteiger partial charge in [-0.15, -0.1) is 11.3 Å². The van der Waals surface area contributed by atoms with Crippen molar-refractivity contribution in [3.63, 3.8) is 0 Å². The van der Waals surface area contributed by atoms with Crippen LogP contribution in [0, 0.1) is 11.8 Å². The Morgan fingerprint density at radius 3 is 3.22 bits per heavy atom. The van der Waals surface area contributed by atoms with Gasteiger partial charge in [-0.1, -0.05) is 17.1 Å². The van der Waals surface area contributed by atoms with Crippen LogP contribution in [0.2, 0.25) is 0 Å². The first-order valence-corrected chi connectivity index (χ1v) is 6.27. The number of aromatic nitrogens is 2. The lowest BCUT2D eigenvalue weighted by Crippen LogP contribution is -1.84. The Kier molecular flexibility index (Phi) is 4.45. The van der Waals surface area contributed by atoms with Crippen LogP contribution < -0.4 is 0 Å². The zero-order valence-corrected chi connectivity index (χ0v) is 10.4. The van der Waals surface area contributed by atoms with Crippen molar-refractivity contribution in [1.82, 2.24) is 9.97 Å². The molecule has 0 radical (unpaired) electrons. The van der Waals surface area contributed by atoms with Crippen LogP contribution in [0.1, 0.15) is 22.7 Å². The normalized spacial score (nSPS) is 10.2. The minimum atomic E-state index is 0.624. The third kappa shape index (κ3) is 3.68. The van der Waals surface area contributed by atoms with Gasteiger partial charge < -0.3 is 5.21 Å². The molecule has 0 spiro atoms. The third-order valence-electron chi connectivity index (χ3n) is 2.17. The Labute approximate surface area is 109 Å². The summed E-state index contributed by atoms with van der Waals surface area (Å²) in [7, 11) is 0. The van der Waals surface area contributed by atoms with Crippen molar-refractivity contribution in [2.45, 2.75) is 12.8 Å². The van der Waals surface area contributed by atoms with Gasteiger partial charge in [-0.05, 0) is 24.0 Å². The number of oxime groups is 1. The predicted octanol–water partition coefficient (Wildman–Crippen LogP) is 2.33. The Balaban J connectivity index is 1.88. The van der Waals surface area contributed by atoms with Crippen molar-refractivity contribution < 1.29 is 5.21 Å². The molecule has 0 amide bonds. The summed E-state index contributed by atoms with van der Waals surface area (Å²) < 4.78 is 0. The Hall–Kier alpha value is -2.19. The molecule has 0 unspecified atom stereocenters. The second-order valence-electron chi connectivity index (χ2n) is 3.49. The fourth-order valence-corrected chi connectivity index (χ4v) is 1.99. The van der Waals surface area contributed by atoms with Crippen LogP contribution in [0.15, 0.2) is 35.1 Å². The van der Waals surface area contributed by atoms with E-state index in [4.69, 9.17) is 5.21 Å². The van der Waals surface area contributed by atoms with Crippen molar-refractivity contribution in [2.24, 2.45) is 5.16 Å². The molecule has 1 N–H and O–H groups in total. The zero-order chi connectivity index (χ0) is 12.6. The highest BCUT2D eigenvalue weighted by molar-refractivity contribution is 7.10. The maximum Gasteiger partial charge on any atom is 0.167 e. The van der Waals surface area contributed by atoms with Crippen molar-refractivity contribution in [3.05, 3.63) is 46.2 Å². The summed E-state index contributed by atoms with van der Waals surface area (Å²) in [4.78, 5) is 8.22. The number of hydrogen-bond acceptors (Lipinski definition) is 5. The van der Waals surface area contributed by atoms with E-state index < -0.39 is 0 Å². The first-order chi connectivity index (χ1) is 8.88. The van der Waals surface area contributed by atoms with Gasteiger partial charge >= 0.3 is 0 Å². The molecule has 0 saturated carbocycles. The molecule has 2 heterocycles. The number of rotatable bonds is 3. The molecular formula is C13H11N3OS. The summed E-state index contributed by atoms with van der Waals surface area (Å²) in [6.07, 6.45) is 6.55. The molecule has 2 aromatic heterocycles. The molecule has 0 atom stereocenters. The van der Waals surface area contributed by atoms with Gasteiger partial charge in [0.05, 0.1) is 11.9 Å². The summed E-state index contributed by atoms with van der Waals surface area (Å²) in [6.45, 7) is 0. The van der Waals surface area contributed by atoms with Gasteiger partial charge in [0.1, 0.15) is 0 Å².